The normalized spacial score (nSPS) is 11.3. The first-order valence-corrected chi connectivity index (χ1v) is 8.02. The minimum atomic E-state index is -4.57. The van der Waals surface area contributed by atoms with Gasteiger partial charge in [-0.2, -0.15) is 13.2 Å². The van der Waals surface area contributed by atoms with E-state index in [2.05, 4.69) is 15.6 Å². The maximum absolute atomic E-state index is 12.9. The Balaban J connectivity index is 1.90. The molecule has 0 bridgehead atoms. The summed E-state index contributed by atoms with van der Waals surface area (Å²) in [6, 6.07) is 8.19. The third-order valence-corrected chi connectivity index (χ3v) is 3.52. The summed E-state index contributed by atoms with van der Waals surface area (Å²) in [5, 5.41) is 4.83. The van der Waals surface area contributed by atoms with Crippen molar-refractivity contribution in [2.75, 3.05) is 30.8 Å². The highest BCUT2D eigenvalue weighted by molar-refractivity contribution is 5.94. The van der Waals surface area contributed by atoms with E-state index >= 15 is 0 Å². The van der Waals surface area contributed by atoms with Gasteiger partial charge >= 0.3 is 6.18 Å². The number of alkyl halides is 3. The highest BCUT2D eigenvalue weighted by Crippen LogP contribution is 2.34. The number of likely N-dealkylation sites (N-methyl/N-ethyl adjacent to an activating group) is 1. The van der Waals surface area contributed by atoms with Crippen LogP contribution in [0.1, 0.15) is 11.1 Å². The van der Waals surface area contributed by atoms with E-state index in [4.69, 9.17) is 0 Å². The summed E-state index contributed by atoms with van der Waals surface area (Å²) in [5.41, 5.74) is -0.322. The van der Waals surface area contributed by atoms with Crippen LogP contribution in [0.5, 0.6) is 0 Å². The second-order valence-electron chi connectivity index (χ2n) is 6.03. The molecular formula is C18H19F3N4O2. The van der Waals surface area contributed by atoms with E-state index < -0.39 is 17.6 Å². The molecule has 0 unspecified atom stereocenters. The molecule has 1 heterocycles. The Kier molecular flexibility index (Phi) is 6.51. The van der Waals surface area contributed by atoms with Crippen molar-refractivity contribution < 1.29 is 22.8 Å². The molecule has 0 saturated carbocycles. The second kappa shape index (κ2) is 8.63. The summed E-state index contributed by atoms with van der Waals surface area (Å²) in [5.74, 6) is -0.660. The van der Waals surface area contributed by atoms with Gasteiger partial charge in [0, 0.05) is 6.20 Å². The number of nitrogens with one attached hydrogen (secondary N) is 2. The van der Waals surface area contributed by atoms with Gasteiger partial charge in [-0.3, -0.25) is 14.5 Å². The maximum atomic E-state index is 12.9. The van der Waals surface area contributed by atoms with Gasteiger partial charge in [0.05, 0.1) is 24.3 Å². The molecule has 2 amide bonds. The van der Waals surface area contributed by atoms with Crippen LogP contribution in [0.4, 0.5) is 24.7 Å². The van der Waals surface area contributed by atoms with Crippen LogP contribution in [0.15, 0.2) is 42.6 Å². The van der Waals surface area contributed by atoms with Gasteiger partial charge in [0.1, 0.15) is 5.82 Å². The Hall–Kier alpha value is -2.94. The number of aryl methyl sites for hydroxylation is 1. The standard InChI is InChI=1S/C18H19F3N4O2/c1-12-7-8-22-15(9-12)24-17(27)11-25(2)10-16(26)23-14-6-4-3-5-13(14)18(19,20)21/h3-9H,10-11H2,1-2H3,(H,23,26)(H,22,24,27). The predicted octanol–water partition coefficient (Wildman–Crippen LogP) is 2.92. The van der Waals surface area contributed by atoms with E-state index in [-0.39, 0.29) is 24.7 Å². The highest BCUT2D eigenvalue weighted by Gasteiger charge is 2.33. The van der Waals surface area contributed by atoms with Gasteiger partial charge in [-0.05, 0) is 43.8 Å². The SMILES string of the molecule is Cc1ccnc(NC(=O)CN(C)CC(=O)Nc2ccccc2C(F)(F)F)c1. The summed E-state index contributed by atoms with van der Waals surface area (Å²) < 4.78 is 38.8. The number of para-hydroxylation sites is 1. The quantitative estimate of drug-likeness (QED) is 0.808. The van der Waals surface area contributed by atoms with Crippen LogP contribution in [-0.2, 0) is 15.8 Å². The lowest BCUT2D eigenvalue weighted by Gasteiger charge is -2.17. The van der Waals surface area contributed by atoms with E-state index in [0.29, 0.717) is 5.82 Å². The molecule has 2 N–H and O–H groups in total. The Morgan fingerprint density at radius 3 is 2.33 bits per heavy atom. The van der Waals surface area contributed by atoms with Gasteiger partial charge in [0.15, 0.2) is 0 Å². The molecule has 27 heavy (non-hydrogen) atoms. The van der Waals surface area contributed by atoms with Gasteiger partial charge < -0.3 is 10.6 Å². The predicted molar refractivity (Wildman–Crippen MR) is 95.2 cm³/mol. The zero-order valence-electron chi connectivity index (χ0n) is 14.8. The monoisotopic (exact) mass is 380 g/mol. The molecule has 9 heteroatoms. The number of pyridine rings is 1. The lowest BCUT2D eigenvalue weighted by molar-refractivity contribution is -0.137. The molecule has 6 nitrogen and oxygen atoms in total. The Labute approximate surface area is 154 Å². The van der Waals surface area contributed by atoms with E-state index in [9.17, 15) is 22.8 Å². The van der Waals surface area contributed by atoms with Crippen LogP contribution < -0.4 is 10.6 Å². The van der Waals surface area contributed by atoms with Crippen molar-refractivity contribution in [3.8, 4) is 0 Å². The fourth-order valence-corrected chi connectivity index (χ4v) is 2.36. The maximum Gasteiger partial charge on any atom is 0.418 e. The first-order valence-electron chi connectivity index (χ1n) is 8.02. The molecule has 0 spiro atoms. The number of carbonyl (C=O) groups excluding carboxylic acids is 2. The van der Waals surface area contributed by atoms with Crippen molar-refractivity contribution in [3.05, 3.63) is 53.7 Å². The summed E-state index contributed by atoms with van der Waals surface area (Å²) >= 11 is 0. The van der Waals surface area contributed by atoms with Crippen molar-refractivity contribution >= 4 is 23.3 Å². The minimum Gasteiger partial charge on any atom is -0.324 e. The molecule has 0 fully saturated rings. The molecule has 2 aromatic rings. The average molecular weight is 380 g/mol. The lowest BCUT2D eigenvalue weighted by atomic mass is 10.1. The number of amides is 2. The Morgan fingerprint density at radius 2 is 1.70 bits per heavy atom. The van der Waals surface area contributed by atoms with Gasteiger partial charge in [-0.25, -0.2) is 4.98 Å². The third kappa shape index (κ3) is 6.37. The summed E-state index contributed by atoms with van der Waals surface area (Å²) in [4.78, 5) is 29.4. The van der Waals surface area contributed by atoms with Crippen LogP contribution in [0.25, 0.3) is 0 Å². The van der Waals surface area contributed by atoms with Gasteiger partial charge in [0.25, 0.3) is 0 Å². The molecule has 1 aromatic heterocycles. The van der Waals surface area contributed by atoms with Crippen LogP contribution in [0, 0.1) is 6.92 Å². The van der Waals surface area contributed by atoms with Crippen LogP contribution in [0.3, 0.4) is 0 Å². The number of rotatable bonds is 6. The number of anilines is 2. The Bertz CT molecular complexity index is 824. The van der Waals surface area contributed by atoms with E-state index in [1.165, 1.54) is 30.1 Å². The lowest BCUT2D eigenvalue weighted by Crippen LogP contribution is -2.36. The smallest absolute Gasteiger partial charge is 0.324 e. The van der Waals surface area contributed by atoms with Gasteiger partial charge in [-0.15, -0.1) is 0 Å². The number of nitrogens with zero attached hydrogens (tertiary/aromatic N) is 2. The third-order valence-electron chi connectivity index (χ3n) is 3.52. The van der Waals surface area contributed by atoms with Crippen molar-refractivity contribution in [2.45, 2.75) is 13.1 Å². The average Bonchev–Trinajstić information content (AvgIpc) is 2.53. The van der Waals surface area contributed by atoms with Crippen molar-refractivity contribution in [1.82, 2.24) is 9.88 Å². The molecule has 0 atom stereocenters. The number of hydrogen-bond acceptors (Lipinski definition) is 4. The molecule has 0 aliphatic rings. The van der Waals surface area contributed by atoms with E-state index in [0.717, 1.165) is 11.6 Å². The van der Waals surface area contributed by atoms with Gasteiger partial charge in [0.2, 0.25) is 11.8 Å². The number of hydrogen-bond donors (Lipinski definition) is 2. The van der Waals surface area contributed by atoms with Crippen LogP contribution in [-0.4, -0.2) is 41.8 Å². The van der Waals surface area contributed by atoms with Crippen molar-refractivity contribution in [2.24, 2.45) is 0 Å². The second-order valence-corrected chi connectivity index (χ2v) is 6.03. The fourth-order valence-electron chi connectivity index (χ4n) is 2.36. The van der Waals surface area contributed by atoms with E-state index in [1.807, 2.05) is 6.92 Å². The number of aromatic nitrogens is 1. The molecule has 1 aromatic carbocycles. The number of benzene rings is 1. The van der Waals surface area contributed by atoms with Gasteiger partial charge in [-0.1, -0.05) is 12.1 Å². The highest BCUT2D eigenvalue weighted by atomic mass is 19.4. The zero-order chi connectivity index (χ0) is 20.0. The van der Waals surface area contributed by atoms with Crippen molar-refractivity contribution in [1.29, 1.82) is 0 Å². The molecule has 0 aliphatic carbocycles. The van der Waals surface area contributed by atoms with E-state index in [1.54, 1.807) is 18.3 Å². The summed E-state index contributed by atoms with van der Waals surface area (Å²) in [7, 11) is 1.51. The summed E-state index contributed by atoms with van der Waals surface area (Å²) in [6.07, 6.45) is -3.02. The first-order chi connectivity index (χ1) is 12.6. The Morgan fingerprint density at radius 1 is 1.07 bits per heavy atom. The molecule has 144 valence electrons. The van der Waals surface area contributed by atoms with Crippen LogP contribution in [0.2, 0.25) is 0 Å². The number of halogens is 3. The molecule has 0 aliphatic heterocycles. The van der Waals surface area contributed by atoms with Crippen molar-refractivity contribution in [3.63, 3.8) is 0 Å². The topological polar surface area (TPSA) is 74.3 Å². The summed E-state index contributed by atoms with van der Waals surface area (Å²) in [6.45, 7) is 1.48. The first kappa shape index (κ1) is 20.4. The molecule has 0 saturated heterocycles. The molecule has 2 rings (SSSR count). The number of carbonyl (C=O) groups is 2. The van der Waals surface area contributed by atoms with Crippen LogP contribution >= 0.6 is 0 Å². The molecule has 0 radical (unpaired) electrons. The molecular weight excluding hydrogens is 361 g/mol. The largest absolute Gasteiger partial charge is 0.418 e. The zero-order valence-corrected chi connectivity index (χ0v) is 14.8. The fraction of sp³-hybridized carbons (Fsp3) is 0.278. The minimum absolute atomic E-state index is 0.121.